The van der Waals surface area contributed by atoms with E-state index in [0.717, 1.165) is 11.8 Å². The predicted octanol–water partition coefficient (Wildman–Crippen LogP) is 2.44. The summed E-state index contributed by atoms with van der Waals surface area (Å²) in [5, 5.41) is 0. The fourth-order valence-electron chi connectivity index (χ4n) is 1.04. The van der Waals surface area contributed by atoms with Gasteiger partial charge >= 0.3 is 0 Å². The zero-order chi connectivity index (χ0) is 9.97. The van der Waals surface area contributed by atoms with Crippen LogP contribution in [0, 0.1) is 5.95 Å². The zero-order valence-electron chi connectivity index (χ0n) is 6.98. The van der Waals surface area contributed by atoms with Gasteiger partial charge in [-0.25, -0.2) is 9.97 Å². The summed E-state index contributed by atoms with van der Waals surface area (Å²) < 4.78 is 13.4. The second-order valence-corrected chi connectivity index (χ2v) is 3.41. The lowest BCUT2D eigenvalue weighted by Gasteiger charge is -1.99. The lowest BCUT2D eigenvalue weighted by atomic mass is 10.2. The summed E-state index contributed by atoms with van der Waals surface area (Å²) in [6.45, 7) is 0. The van der Waals surface area contributed by atoms with Crippen molar-refractivity contribution in [3.05, 3.63) is 41.3 Å². The summed E-state index contributed by atoms with van der Waals surface area (Å²) in [4.78, 5) is 11.4. The Morgan fingerprint density at radius 2 is 2.14 bits per heavy atom. The van der Waals surface area contributed by atoms with Crippen molar-refractivity contribution in [3.8, 4) is 11.3 Å². The topological polar surface area (TPSA) is 38.7 Å². The van der Waals surface area contributed by atoms with Crippen LogP contribution in [0.2, 0.25) is 0 Å². The van der Waals surface area contributed by atoms with Crippen LogP contribution in [0.4, 0.5) is 4.39 Å². The maximum absolute atomic E-state index is 12.8. The Balaban J connectivity index is 2.49. The summed E-state index contributed by atoms with van der Waals surface area (Å²) in [6.07, 6.45) is 4.19. The maximum Gasteiger partial charge on any atom is 0.231 e. The smallest absolute Gasteiger partial charge is 0.231 e. The van der Waals surface area contributed by atoms with Gasteiger partial charge in [0, 0.05) is 11.8 Å². The van der Waals surface area contributed by atoms with Crippen LogP contribution in [0.15, 0.2) is 35.3 Å². The second-order valence-electron chi connectivity index (χ2n) is 2.59. The van der Waals surface area contributed by atoms with E-state index in [2.05, 4.69) is 30.9 Å². The van der Waals surface area contributed by atoms with Gasteiger partial charge in [-0.15, -0.1) is 0 Å². The molecule has 0 spiro atoms. The number of halogens is 2. The van der Waals surface area contributed by atoms with Crippen molar-refractivity contribution in [2.75, 3.05) is 0 Å². The van der Waals surface area contributed by atoms with Crippen molar-refractivity contribution in [3.63, 3.8) is 0 Å². The summed E-state index contributed by atoms with van der Waals surface area (Å²) in [5.74, 6) is -0.588. The highest BCUT2D eigenvalue weighted by Crippen LogP contribution is 2.18. The normalized spacial score (nSPS) is 10.1. The first-order valence-electron chi connectivity index (χ1n) is 3.85. The van der Waals surface area contributed by atoms with Gasteiger partial charge in [-0.3, -0.25) is 4.98 Å². The number of aromatic nitrogens is 3. The van der Waals surface area contributed by atoms with E-state index in [4.69, 9.17) is 0 Å². The highest BCUT2D eigenvalue weighted by Gasteiger charge is 2.01. The van der Waals surface area contributed by atoms with E-state index in [-0.39, 0.29) is 0 Å². The highest BCUT2D eigenvalue weighted by atomic mass is 79.9. The molecule has 2 aromatic heterocycles. The second kappa shape index (κ2) is 3.79. The Bertz CT molecular complexity index is 418. The predicted molar refractivity (Wildman–Crippen MR) is 52.9 cm³/mol. The first kappa shape index (κ1) is 9.21. The van der Waals surface area contributed by atoms with Crippen molar-refractivity contribution in [2.45, 2.75) is 0 Å². The molecule has 0 amide bonds. The summed E-state index contributed by atoms with van der Waals surface area (Å²) in [5.41, 5.74) is 1.27. The largest absolute Gasteiger partial charge is 0.258 e. The Morgan fingerprint density at radius 3 is 2.86 bits per heavy atom. The van der Waals surface area contributed by atoms with E-state index in [1.807, 2.05) is 0 Å². The number of rotatable bonds is 1. The third-order valence-electron chi connectivity index (χ3n) is 1.63. The highest BCUT2D eigenvalue weighted by molar-refractivity contribution is 9.10. The minimum absolute atomic E-state index is 0.494. The molecular weight excluding hydrogens is 249 g/mol. The van der Waals surface area contributed by atoms with Gasteiger partial charge < -0.3 is 0 Å². The average Bonchev–Trinajstić information content (AvgIpc) is 2.18. The SMILES string of the molecule is Fc1cncc(-c2ccnc(Br)c2)n1. The average molecular weight is 254 g/mol. The third-order valence-corrected chi connectivity index (χ3v) is 2.06. The van der Waals surface area contributed by atoms with E-state index in [1.165, 1.54) is 6.20 Å². The Hall–Kier alpha value is -1.36. The molecule has 3 nitrogen and oxygen atoms in total. The maximum atomic E-state index is 12.8. The number of nitrogens with zero attached hydrogens (tertiary/aromatic N) is 3. The molecule has 0 aromatic carbocycles. The summed E-state index contributed by atoms with van der Waals surface area (Å²) in [6, 6.07) is 3.50. The molecule has 2 aromatic rings. The minimum Gasteiger partial charge on any atom is -0.258 e. The lowest BCUT2D eigenvalue weighted by Crippen LogP contribution is -1.89. The van der Waals surface area contributed by atoms with E-state index in [9.17, 15) is 4.39 Å². The minimum atomic E-state index is -0.588. The number of hydrogen-bond acceptors (Lipinski definition) is 3. The number of hydrogen-bond donors (Lipinski definition) is 0. The van der Waals surface area contributed by atoms with Crippen LogP contribution < -0.4 is 0 Å². The Kier molecular flexibility index (Phi) is 2.49. The van der Waals surface area contributed by atoms with Crippen molar-refractivity contribution >= 4 is 15.9 Å². The molecular formula is C9H5BrFN3. The van der Waals surface area contributed by atoms with Crippen LogP contribution in [-0.4, -0.2) is 15.0 Å². The first-order valence-corrected chi connectivity index (χ1v) is 4.64. The molecule has 0 saturated carbocycles. The quantitative estimate of drug-likeness (QED) is 0.733. The van der Waals surface area contributed by atoms with Crippen molar-refractivity contribution in [2.24, 2.45) is 0 Å². The van der Waals surface area contributed by atoms with Crippen molar-refractivity contribution in [1.82, 2.24) is 15.0 Å². The molecule has 0 aliphatic heterocycles. The molecule has 14 heavy (non-hydrogen) atoms. The molecule has 5 heteroatoms. The van der Waals surface area contributed by atoms with Gasteiger partial charge in [0.25, 0.3) is 0 Å². The van der Waals surface area contributed by atoms with E-state index in [1.54, 1.807) is 18.3 Å². The van der Waals surface area contributed by atoms with Gasteiger partial charge in [-0.1, -0.05) is 0 Å². The standard InChI is InChI=1S/C9H5BrFN3/c10-8-3-6(1-2-13-8)7-4-12-5-9(11)14-7/h1-5H. The molecule has 0 saturated heterocycles. The fourth-order valence-corrected chi connectivity index (χ4v) is 1.41. The van der Waals surface area contributed by atoms with E-state index >= 15 is 0 Å². The monoisotopic (exact) mass is 253 g/mol. The van der Waals surface area contributed by atoms with Gasteiger partial charge in [-0.05, 0) is 28.1 Å². The molecule has 0 fully saturated rings. The zero-order valence-corrected chi connectivity index (χ0v) is 8.57. The van der Waals surface area contributed by atoms with Gasteiger partial charge in [0.05, 0.1) is 18.1 Å². The molecule has 0 N–H and O–H groups in total. The van der Waals surface area contributed by atoms with Crippen molar-refractivity contribution in [1.29, 1.82) is 0 Å². The number of pyridine rings is 1. The Labute approximate surface area is 88.2 Å². The fraction of sp³-hybridized carbons (Fsp3) is 0. The molecule has 0 atom stereocenters. The van der Waals surface area contributed by atoms with Gasteiger partial charge in [0.1, 0.15) is 4.60 Å². The first-order chi connectivity index (χ1) is 6.75. The molecule has 0 aliphatic carbocycles. The van der Waals surface area contributed by atoms with Crippen LogP contribution in [0.25, 0.3) is 11.3 Å². The van der Waals surface area contributed by atoms with Crippen LogP contribution in [0.3, 0.4) is 0 Å². The third kappa shape index (κ3) is 1.93. The summed E-state index contributed by atoms with van der Waals surface area (Å²) in [7, 11) is 0. The van der Waals surface area contributed by atoms with Crippen LogP contribution in [0.1, 0.15) is 0 Å². The van der Waals surface area contributed by atoms with Crippen LogP contribution in [0.5, 0.6) is 0 Å². The van der Waals surface area contributed by atoms with E-state index < -0.39 is 5.95 Å². The van der Waals surface area contributed by atoms with Crippen LogP contribution in [-0.2, 0) is 0 Å². The molecule has 2 rings (SSSR count). The molecule has 0 bridgehead atoms. The lowest BCUT2D eigenvalue weighted by molar-refractivity contribution is 0.578. The van der Waals surface area contributed by atoms with Gasteiger partial charge in [-0.2, -0.15) is 4.39 Å². The molecule has 0 aliphatic rings. The molecule has 0 radical (unpaired) electrons. The molecule has 0 unspecified atom stereocenters. The molecule has 70 valence electrons. The summed E-state index contributed by atoms with van der Waals surface area (Å²) >= 11 is 3.22. The van der Waals surface area contributed by atoms with Gasteiger partial charge in [0.2, 0.25) is 5.95 Å². The molecule has 2 heterocycles. The van der Waals surface area contributed by atoms with Gasteiger partial charge in [0.15, 0.2) is 0 Å². The van der Waals surface area contributed by atoms with Crippen LogP contribution >= 0.6 is 15.9 Å². The van der Waals surface area contributed by atoms with E-state index in [0.29, 0.717) is 10.3 Å². The van der Waals surface area contributed by atoms with Crippen molar-refractivity contribution < 1.29 is 4.39 Å². The Morgan fingerprint density at radius 1 is 1.29 bits per heavy atom.